The fourth-order valence-electron chi connectivity index (χ4n) is 3.02. The van der Waals surface area contributed by atoms with Crippen LogP contribution in [0, 0.1) is 11.8 Å². The number of nitrogens with one attached hydrogen (secondary N) is 2. The minimum atomic E-state index is 0.407. The number of nitrogens with zero attached hydrogens (tertiary/aromatic N) is 4. The van der Waals surface area contributed by atoms with Gasteiger partial charge < -0.3 is 19.9 Å². The van der Waals surface area contributed by atoms with Crippen LogP contribution in [0.4, 0.5) is 0 Å². The molecule has 1 fully saturated rings. The maximum absolute atomic E-state index is 5.46. The summed E-state index contributed by atoms with van der Waals surface area (Å²) in [5, 5.41) is 15.2. The lowest BCUT2D eigenvalue weighted by atomic mass is 10.0. The molecule has 1 aromatic heterocycles. The molecule has 0 bridgehead atoms. The van der Waals surface area contributed by atoms with Crippen molar-refractivity contribution < 1.29 is 4.74 Å². The lowest BCUT2D eigenvalue weighted by Gasteiger charge is -2.20. The molecule has 7 heteroatoms. The van der Waals surface area contributed by atoms with Gasteiger partial charge in [0.1, 0.15) is 12.2 Å². The third-order valence-electron chi connectivity index (χ3n) is 4.75. The zero-order chi connectivity index (χ0) is 18.8. The summed E-state index contributed by atoms with van der Waals surface area (Å²) >= 11 is 0. The molecule has 0 saturated carbocycles. The van der Waals surface area contributed by atoms with Crippen LogP contribution in [0.25, 0.3) is 0 Å². The van der Waals surface area contributed by atoms with Gasteiger partial charge in [-0.05, 0) is 32.1 Å². The number of aryl methyl sites for hydroxylation is 1. The first-order chi connectivity index (χ1) is 12.6. The largest absolute Gasteiger partial charge is 0.381 e. The van der Waals surface area contributed by atoms with E-state index in [1.165, 1.54) is 6.42 Å². The van der Waals surface area contributed by atoms with Crippen LogP contribution >= 0.6 is 0 Å². The Bertz CT molecular complexity index is 536. The van der Waals surface area contributed by atoms with Crippen molar-refractivity contribution in [1.82, 2.24) is 25.4 Å². The van der Waals surface area contributed by atoms with Crippen LogP contribution < -0.4 is 10.6 Å². The Balaban J connectivity index is 1.85. The summed E-state index contributed by atoms with van der Waals surface area (Å²) in [5.74, 6) is 3.19. The Labute approximate surface area is 158 Å². The average Bonchev–Trinajstić information content (AvgIpc) is 3.29. The zero-order valence-electron chi connectivity index (χ0n) is 16.9. The van der Waals surface area contributed by atoms with Crippen molar-refractivity contribution >= 4 is 5.96 Å². The van der Waals surface area contributed by atoms with Gasteiger partial charge in [0.15, 0.2) is 5.96 Å². The predicted molar refractivity (Wildman–Crippen MR) is 105 cm³/mol. The Kier molecular flexibility index (Phi) is 8.88. The minimum Gasteiger partial charge on any atom is -0.381 e. The number of guanidine groups is 1. The van der Waals surface area contributed by atoms with E-state index in [1.54, 1.807) is 6.33 Å². The van der Waals surface area contributed by atoms with E-state index in [0.717, 1.165) is 69.8 Å². The van der Waals surface area contributed by atoms with Crippen LogP contribution in [0.15, 0.2) is 11.3 Å². The molecule has 2 rings (SSSR count). The molecule has 2 N–H and O–H groups in total. The van der Waals surface area contributed by atoms with Crippen LogP contribution in [0.3, 0.4) is 0 Å². The summed E-state index contributed by atoms with van der Waals surface area (Å²) in [5.41, 5.74) is 0. The summed E-state index contributed by atoms with van der Waals surface area (Å²) < 4.78 is 7.56. The number of aliphatic imine (C=N–C) groups is 1. The lowest BCUT2D eigenvalue weighted by Crippen LogP contribution is -2.43. The molecule has 7 nitrogen and oxygen atoms in total. The van der Waals surface area contributed by atoms with Gasteiger partial charge in [-0.25, -0.2) is 0 Å². The molecule has 26 heavy (non-hydrogen) atoms. The van der Waals surface area contributed by atoms with Crippen LogP contribution in [0.2, 0.25) is 0 Å². The van der Waals surface area contributed by atoms with E-state index in [4.69, 9.17) is 9.73 Å². The van der Waals surface area contributed by atoms with Crippen molar-refractivity contribution in [2.24, 2.45) is 16.8 Å². The predicted octanol–water partition coefficient (Wildman–Crippen LogP) is 2.24. The van der Waals surface area contributed by atoms with Crippen molar-refractivity contribution in [3.05, 3.63) is 12.2 Å². The smallest absolute Gasteiger partial charge is 0.191 e. The maximum atomic E-state index is 5.46. The maximum Gasteiger partial charge on any atom is 0.191 e. The quantitative estimate of drug-likeness (QED) is 0.492. The normalized spacial score (nSPS) is 19.1. The second-order valence-corrected chi connectivity index (χ2v) is 7.66. The van der Waals surface area contributed by atoms with Gasteiger partial charge in [0, 0.05) is 44.6 Å². The molecule has 1 aliphatic heterocycles. The highest BCUT2D eigenvalue weighted by molar-refractivity contribution is 5.80. The fraction of sp³-hybridized carbons (Fsp3) is 0.842. The molecule has 0 amide bonds. The first kappa shape index (κ1) is 20.7. The molecular weight excluding hydrogens is 328 g/mol. The second kappa shape index (κ2) is 11.2. The summed E-state index contributed by atoms with van der Waals surface area (Å²) in [6, 6.07) is 0.407. The Hall–Kier alpha value is -1.63. The van der Waals surface area contributed by atoms with Gasteiger partial charge in [-0.1, -0.05) is 20.8 Å². The summed E-state index contributed by atoms with van der Waals surface area (Å²) in [4.78, 5) is 4.81. The lowest BCUT2D eigenvalue weighted by molar-refractivity contribution is 0.187. The first-order valence-electron chi connectivity index (χ1n) is 10.1. The number of ether oxygens (including phenoxy) is 1. The van der Waals surface area contributed by atoms with E-state index in [0.29, 0.717) is 12.0 Å². The highest BCUT2D eigenvalue weighted by Crippen LogP contribution is 2.12. The average molecular weight is 365 g/mol. The van der Waals surface area contributed by atoms with E-state index < -0.39 is 0 Å². The van der Waals surface area contributed by atoms with Crippen LogP contribution in [-0.2, 0) is 17.7 Å². The van der Waals surface area contributed by atoms with Crippen LogP contribution in [-0.4, -0.2) is 53.1 Å². The van der Waals surface area contributed by atoms with Crippen LogP contribution in [0.5, 0.6) is 0 Å². The second-order valence-electron chi connectivity index (χ2n) is 7.66. The molecule has 1 aromatic rings. The molecule has 0 aliphatic carbocycles. The molecule has 1 aliphatic rings. The zero-order valence-corrected chi connectivity index (χ0v) is 16.9. The van der Waals surface area contributed by atoms with Crippen molar-refractivity contribution in [2.75, 3.05) is 26.3 Å². The third kappa shape index (κ3) is 7.32. The van der Waals surface area contributed by atoms with E-state index in [9.17, 15) is 0 Å². The minimum absolute atomic E-state index is 0.407. The van der Waals surface area contributed by atoms with Gasteiger partial charge in [0.05, 0.1) is 6.61 Å². The van der Waals surface area contributed by atoms with Crippen molar-refractivity contribution in [1.29, 1.82) is 0 Å². The summed E-state index contributed by atoms with van der Waals surface area (Å²) in [6.07, 6.45) is 6.17. The molecule has 2 unspecified atom stereocenters. The van der Waals surface area contributed by atoms with Gasteiger partial charge in [0.25, 0.3) is 0 Å². The van der Waals surface area contributed by atoms with Gasteiger partial charge in [-0.15, -0.1) is 10.2 Å². The van der Waals surface area contributed by atoms with Gasteiger partial charge in [-0.2, -0.15) is 0 Å². The highest BCUT2D eigenvalue weighted by Gasteiger charge is 2.15. The monoisotopic (exact) mass is 364 g/mol. The van der Waals surface area contributed by atoms with Crippen LogP contribution in [0.1, 0.15) is 52.8 Å². The molecule has 2 heterocycles. The Morgan fingerprint density at radius 1 is 1.38 bits per heavy atom. The number of aromatic nitrogens is 3. The third-order valence-corrected chi connectivity index (χ3v) is 4.75. The Morgan fingerprint density at radius 3 is 2.92 bits per heavy atom. The van der Waals surface area contributed by atoms with Gasteiger partial charge >= 0.3 is 0 Å². The topological polar surface area (TPSA) is 76.4 Å². The van der Waals surface area contributed by atoms with Crippen molar-refractivity contribution in [3.63, 3.8) is 0 Å². The molecule has 0 radical (unpaired) electrons. The highest BCUT2D eigenvalue weighted by atomic mass is 16.5. The van der Waals surface area contributed by atoms with Gasteiger partial charge in [0.2, 0.25) is 0 Å². The van der Waals surface area contributed by atoms with Gasteiger partial charge in [-0.3, -0.25) is 4.99 Å². The standard InChI is InChI=1S/C19H36N6O/c1-5-18-24-22-14-25(18)10-9-20-19(21-12-17-8-11-26-13-17)23-16(4)7-6-15(2)3/h14-17H,5-13H2,1-4H3,(H2,20,21,23). The van der Waals surface area contributed by atoms with E-state index in [-0.39, 0.29) is 0 Å². The Morgan fingerprint density at radius 2 is 2.23 bits per heavy atom. The first-order valence-corrected chi connectivity index (χ1v) is 10.1. The summed E-state index contributed by atoms with van der Waals surface area (Å²) in [7, 11) is 0. The molecule has 148 valence electrons. The molecule has 1 saturated heterocycles. The number of rotatable bonds is 10. The molecule has 2 atom stereocenters. The van der Waals surface area contributed by atoms with E-state index in [2.05, 4.69) is 53.1 Å². The summed E-state index contributed by atoms with van der Waals surface area (Å²) in [6.45, 7) is 13.0. The number of hydrogen-bond donors (Lipinski definition) is 2. The molecular formula is C19H36N6O. The van der Waals surface area contributed by atoms with E-state index in [1.807, 2.05) is 0 Å². The number of hydrogen-bond acceptors (Lipinski definition) is 4. The molecule has 0 spiro atoms. The van der Waals surface area contributed by atoms with E-state index >= 15 is 0 Å². The van der Waals surface area contributed by atoms with Crippen molar-refractivity contribution in [2.45, 2.75) is 66.0 Å². The van der Waals surface area contributed by atoms with Crippen molar-refractivity contribution in [3.8, 4) is 0 Å². The molecule has 0 aromatic carbocycles. The fourth-order valence-corrected chi connectivity index (χ4v) is 3.02. The SMILES string of the molecule is CCc1nncn1CCNC(=NCC1CCOC1)NC(C)CCC(C)C.